The Morgan fingerprint density at radius 1 is 1.21 bits per heavy atom. The van der Waals surface area contributed by atoms with Gasteiger partial charge in [-0.1, -0.05) is 5.16 Å². The van der Waals surface area contributed by atoms with Crippen molar-refractivity contribution in [2.75, 3.05) is 5.32 Å². The van der Waals surface area contributed by atoms with Crippen molar-refractivity contribution < 1.29 is 13.7 Å². The van der Waals surface area contributed by atoms with Gasteiger partial charge in [-0.3, -0.25) is 4.79 Å². The number of aromatic nitrogens is 2. The molecule has 3 aromatic rings. The third-order valence-corrected chi connectivity index (χ3v) is 2.59. The van der Waals surface area contributed by atoms with Gasteiger partial charge in [0, 0.05) is 11.8 Å². The highest BCUT2D eigenvalue weighted by atomic mass is 19.1. The van der Waals surface area contributed by atoms with E-state index in [-0.39, 0.29) is 11.7 Å². The van der Waals surface area contributed by atoms with Gasteiger partial charge in [-0.25, -0.2) is 9.37 Å². The van der Waals surface area contributed by atoms with Crippen molar-refractivity contribution in [1.29, 1.82) is 0 Å². The van der Waals surface area contributed by atoms with E-state index < -0.39 is 5.82 Å². The Bertz CT molecular complexity index is 737. The fraction of sp³-hybridized carbons (Fsp3) is 0. The van der Waals surface area contributed by atoms with Crippen LogP contribution in [-0.4, -0.2) is 16.0 Å². The van der Waals surface area contributed by atoms with Gasteiger partial charge in [-0.05, 0) is 36.4 Å². The number of nitrogens with zero attached hydrogens (tertiary/aromatic N) is 2. The summed E-state index contributed by atoms with van der Waals surface area (Å²) in [6, 6.07) is 8.68. The van der Waals surface area contributed by atoms with Gasteiger partial charge in [-0.2, -0.15) is 0 Å². The number of amides is 1. The Labute approximate surface area is 107 Å². The molecule has 0 fully saturated rings. The van der Waals surface area contributed by atoms with E-state index in [1.807, 2.05) is 0 Å². The fourth-order valence-corrected chi connectivity index (χ4v) is 1.65. The minimum atomic E-state index is -0.396. The fourth-order valence-electron chi connectivity index (χ4n) is 1.65. The van der Waals surface area contributed by atoms with Crippen molar-refractivity contribution in [3.05, 3.63) is 54.0 Å². The first-order valence-corrected chi connectivity index (χ1v) is 5.51. The molecular weight excluding hydrogens is 249 g/mol. The largest absolute Gasteiger partial charge is 0.334 e. The molecule has 94 valence electrons. The van der Waals surface area contributed by atoms with Gasteiger partial charge < -0.3 is 9.84 Å². The maximum Gasteiger partial charge on any atom is 0.259 e. The van der Waals surface area contributed by atoms with Gasteiger partial charge in [0.2, 0.25) is 0 Å². The molecule has 5 nitrogen and oxygen atoms in total. The lowest BCUT2D eigenvalue weighted by Gasteiger charge is -2.01. The second kappa shape index (κ2) is 4.49. The molecule has 0 atom stereocenters. The number of halogens is 1. The molecule has 0 saturated heterocycles. The molecule has 19 heavy (non-hydrogen) atoms. The molecule has 1 amide bonds. The number of carbonyl (C=O) groups excluding carboxylic acids is 1. The number of benzene rings is 1. The summed E-state index contributed by atoms with van der Waals surface area (Å²) >= 11 is 0. The quantitative estimate of drug-likeness (QED) is 0.766. The Kier molecular flexibility index (Phi) is 2.68. The molecule has 0 radical (unpaired) electrons. The summed E-state index contributed by atoms with van der Waals surface area (Å²) in [5.74, 6) is -0.496. The Hall–Kier alpha value is -2.76. The number of hydrogen-bond donors (Lipinski definition) is 1. The van der Waals surface area contributed by atoms with Crippen molar-refractivity contribution in [2.45, 2.75) is 0 Å². The number of carbonyl (C=O) groups is 1. The molecule has 6 heteroatoms. The predicted molar refractivity (Wildman–Crippen MR) is 66.2 cm³/mol. The van der Waals surface area contributed by atoms with Gasteiger partial charge in [0.15, 0.2) is 5.82 Å². The van der Waals surface area contributed by atoms with Crippen LogP contribution in [0.25, 0.3) is 11.1 Å². The van der Waals surface area contributed by atoms with Crippen molar-refractivity contribution in [3.63, 3.8) is 0 Å². The number of fused-ring (bicyclic) bond motifs is 1. The van der Waals surface area contributed by atoms with Gasteiger partial charge in [0.25, 0.3) is 11.6 Å². The molecule has 1 N–H and O–H groups in total. The van der Waals surface area contributed by atoms with Crippen LogP contribution in [0.3, 0.4) is 0 Å². The molecule has 0 saturated carbocycles. The lowest BCUT2D eigenvalue weighted by molar-refractivity contribution is 0.102. The minimum Gasteiger partial charge on any atom is -0.334 e. The number of hydrogen-bond acceptors (Lipinski definition) is 4. The number of rotatable bonds is 2. The summed E-state index contributed by atoms with van der Waals surface area (Å²) in [6.07, 6.45) is 1.57. The molecular formula is C13H8FN3O2. The van der Waals surface area contributed by atoms with E-state index in [1.54, 1.807) is 18.3 Å². The highest BCUT2D eigenvalue weighted by Crippen LogP contribution is 2.20. The SMILES string of the molecule is O=C(Nc1noc2ncccc12)c1ccc(F)cc1. The smallest absolute Gasteiger partial charge is 0.259 e. The number of nitrogens with one attached hydrogen (secondary N) is 1. The number of anilines is 1. The second-order valence-electron chi connectivity index (χ2n) is 3.85. The van der Waals surface area contributed by atoms with Crippen LogP contribution in [0.2, 0.25) is 0 Å². The highest BCUT2D eigenvalue weighted by molar-refractivity contribution is 6.07. The van der Waals surface area contributed by atoms with Gasteiger partial charge in [0.05, 0.1) is 5.39 Å². The summed E-state index contributed by atoms with van der Waals surface area (Å²) < 4.78 is 17.7. The van der Waals surface area contributed by atoms with E-state index in [4.69, 9.17) is 4.52 Å². The zero-order valence-corrected chi connectivity index (χ0v) is 9.63. The molecule has 0 aliphatic heterocycles. The standard InChI is InChI=1S/C13H8FN3O2/c14-9-5-3-8(4-6-9)12(18)16-11-10-2-1-7-15-13(10)19-17-11/h1-7H,(H,16,17,18). The van der Waals surface area contributed by atoms with Crippen LogP contribution >= 0.6 is 0 Å². The molecule has 0 aliphatic rings. The van der Waals surface area contributed by atoms with E-state index in [2.05, 4.69) is 15.5 Å². The third-order valence-electron chi connectivity index (χ3n) is 2.59. The lowest BCUT2D eigenvalue weighted by Crippen LogP contribution is -2.12. The normalized spacial score (nSPS) is 10.6. The zero-order chi connectivity index (χ0) is 13.2. The zero-order valence-electron chi connectivity index (χ0n) is 9.63. The van der Waals surface area contributed by atoms with E-state index >= 15 is 0 Å². The van der Waals surface area contributed by atoms with Crippen molar-refractivity contribution in [2.24, 2.45) is 0 Å². The molecule has 0 bridgehead atoms. The molecule has 1 aromatic carbocycles. The van der Waals surface area contributed by atoms with Gasteiger partial charge in [0.1, 0.15) is 5.82 Å². The lowest BCUT2D eigenvalue weighted by atomic mass is 10.2. The van der Waals surface area contributed by atoms with Crippen LogP contribution < -0.4 is 5.32 Å². The second-order valence-corrected chi connectivity index (χ2v) is 3.85. The Morgan fingerprint density at radius 2 is 2.00 bits per heavy atom. The number of pyridine rings is 1. The maximum absolute atomic E-state index is 12.8. The average Bonchev–Trinajstić information content (AvgIpc) is 2.83. The van der Waals surface area contributed by atoms with Crippen LogP contribution in [0.1, 0.15) is 10.4 Å². The van der Waals surface area contributed by atoms with Crippen molar-refractivity contribution >= 4 is 22.8 Å². The predicted octanol–water partition coefficient (Wildman–Crippen LogP) is 2.61. The van der Waals surface area contributed by atoms with Crippen LogP contribution in [0.15, 0.2) is 47.1 Å². The first-order chi connectivity index (χ1) is 9.24. The van der Waals surface area contributed by atoms with E-state index in [1.165, 1.54) is 24.3 Å². The Balaban J connectivity index is 1.89. The average molecular weight is 257 g/mol. The maximum atomic E-state index is 12.8. The van der Waals surface area contributed by atoms with Crippen LogP contribution in [0.5, 0.6) is 0 Å². The summed E-state index contributed by atoms with van der Waals surface area (Å²) in [5, 5.41) is 6.94. The first kappa shape index (κ1) is 11.3. The monoisotopic (exact) mass is 257 g/mol. The summed E-state index contributed by atoms with van der Waals surface area (Å²) in [5.41, 5.74) is 0.679. The van der Waals surface area contributed by atoms with E-state index in [9.17, 15) is 9.18 Å². The van der Waals surface area contributed by atoms with Crippen LogP contribution in [0, 0.1) is 5.82 Å². The van der Waals surface area contributed by atoms with Crippen molar-refractivity contribution in [1.82, 2.24) is 10.1 Å². The van der Waals surface area contributed by atoms with E-state index in [0.717, 1.165) is 0 Å². The molecule has 3 rings (SSSR count). The van der Waals surface area contributed by atoms with Crippen LogP contribution in [0.4, 0.5) is 10.2 Å². The molecule has 2 aromatic heterocycles. The summed E-state index contributed by atoms with van der Waals surface area (Å²) in [6.45, 7) is 0. The summed E-state index contributed by atoms with van der Waals surface area (Å²) in [7, 11) is 0. The van der Waals surface area contributed by atoms with Crippen LogP contribution in [-0.2, 0) is 0 Å². The van der Waals surface area contributed by atoms with Gasteiger partial charge in [-0.15, -0.1) is 0 Å². The molecule has 2 heterocycles. The molecule has 0 unspecified atom stereocenters. The van der Waals surface area contributed by atoms with Gasteiger partial charge >= 0.3 is 0 Å². The van der Waals surface area contributed by atoms with E-state index in [0.29, 0.717) is 16.7 Å². The summed E-state index contributed by atoms with van der Waals surface area (Å²) in [4.78, 5) is 15.9. The first-order valence-electron chi connectivity index (χ1n) is 5.51. The molecule has 0 spiro atoms. The minimum absolute atomic E-state index is 0.289. The third kappa shape index (κ3) is 2.15. The highest BCUT2D eigenvalue weighted by Gasteiger charge is 2.12. The topological polar surface area (TPSA) is 68.0 Å². The molecule has 0 aliphatic carbocycles. The van der Waals surface area contributed by atoms with Crippen molar-refractivity contribution in [3.8, 4) is 0 Å². The Morgan fingerprint density at radius 3 is 2.79 bits per heavy atom.